The van der Waals surface area contributed by atoms with Crippen LogP contribution in [0.25, 0.3) is 10.9 Å². The van der Waals surface area contributed by atoms with Crippen molar-refractivity contribution in [3.8, 4) is 0 Å². The van der Waals surface area contributed by atoms with Crippen molar-refractivity contribution in [3.05, 3.63) is 46.6 Å². The first kappa shape index (κ1) is 15.5. The summed E-state index contributed by atoms with van der Waals surface area (Å²) in [6.07, 6.45) is -1.44. The third-order valence-electron chi connectivity index (χ3n) is 3.38. The second-order valence-electron chi connectivity index (χ2n) is 4.79. The van der Waals surface area contributed by atoms with Gasteiger partial charge in [-0.3, -0.25) is 0 Å². The molecule has 0 saturated heterocycles. The Balaban J connectivity index is 2.09. The molecule has 0 unspecified atom stereocenters. The van der Waals surface area contributed by atoms with Crippen molar-refractivity contribution in [2.24, 2.45) is 5.10 Å². The number of hydrogen-bond donors (Lipinski definition) is 1. The number of rotatable bonds is 3. The maximum atomic E-state index is 12.9. The molecule has 1 aromatic carbocycles. The van der Waals surface area contributed by atoms with E-state index in [0.717, 1.165) is 17.4 Å². The number of nitrogens with zero attached hydrogens (tertiary/aromatic N) is 4. The minimum Gasteiger partial charge on any atom is -0.347 e. The molecule has 0 saturated carbocycles. The van der Waals surface area contributed by atoms with Gasteiger partial charge in [-0.05, 0) is 25.2 Å². The van der Waals surface area contributed by atoms with E-state index in [0.29, 0.717) is 10.2 Å². The molecule has 0 aliphatic heterocycles. The van der Waals surface area contributed by atoms with Crippen LogP contribution in [0.1, 0.15) is 18.3 Å². The first-order valence-electron chi connectivity index (χ1n) is 6.78. The van der Waals surface area contributed by atoms with Crippen LogP contribution in [0.5, 0.6) is 0 Å². The van der Waals surface area contributed by atoms with Crippen LogP contribution in [0.2, 0.25) is 0 Å². The van der Waals surface area contributed by atoms with E-state index in [1.165, 1.54) is 6.21 Å². The van der Waals surface area contributed by atoms with Crippen LogP contribution in [0, 0.1) is 4.77 Å². The Labute approximate surface area is 134 Å². The summed E-state index contributed by atoms with van der Waals surface area (Å²) in [7, 11) is 0. The third kappa shape index (κ3) is 2.79. The SMILES string of the molecule is CCn1cc(/C=N\n2c(C(F)(F)F)n[nH]c2=S)c2ccccc21. The summed E-state index contributed by atoms with van der Waals surface area (Å²) in [5.74, 6) is -1.18. The van der Waals surface area contributed by atoms with Gasteiger partial charge in [0.05, 0.1) is 6.21 Å². The average molecular weight is 339 g/mol. The summed E-state index contributed by atoms with van der Waals surface area (Å²) in [4.78, 5) is 0. The number of nitrogens with one attached hydrogen (secondary N) is 1. The van der Waals surface area contributed by atoms with Crippen molar-refractivity contribution >= 4 is 29.3 Å². The van der Waals surface area contributed by atoms with Crippen LogP contribution < -0.4 is 0 Å². The van der Waals surface area contributed by atoms with E-state index in [2.05, 4.69) is 15.3 Å². The van der Waals surface area contributed by atoms with E-state index in [1.807, 2.05) is 42.0 Å². The Morgan fingerprint density at radius 2 is 2.09 bits per heavy atom. The van der Waals surface area contributed by atoms with Crippen LogP contribution in [0.3, 0.4) is 0 Å². The molecule has 5 nitrogen and oxygen atoms in total. The molecule has 2 heterocycles. The molecule has 120 valence electrons. The lowest BCUT2D eigenvalue weighted by Gasteiger charge is -2.03. The highest BCUT2D eigenvalue weighted by Crippen LogP contribution is 2.27. The molecule has 3 rings (SSSR count). The number of H-pyrrole nitrogens is 1. The van der Waals surface area contributed by atoms with Crippen LogP contribution in [-0.2, 0) is 12.7 Å². The normalized spacial score (nSPS) is 12.5. The Hall–Kier alpha value is -2.42. The van der Waals surface area contributed by atoms with Crippen LogP contribution >= 0.6 is 12.2 Å². The van der Waals surface area contributed by atoms with E-state index < -0.39 is 12.0 Å². The minimum absolute atomic E-state index is 0.215. The molecule has 1 N–H and O–H groups in total. The number of aromatic nitrogens is 4. The Kier molecular flexibility index (Phi) is 3.80. The summed E-state index contributed by atoms with van der Waals surface area (Å²) >= 11 is 4.81. The van der Waals surface area contributed by atoms with E-state index in [1.54, 1.807) is 0 Å². The van der Waals surface area contributed by atoms with E-state index in [-0.39, 0.29) is 4.77 Å². The molecule has 9 heteroatoms. The van der Waals surface area contributed by atoms with Gasteiger partial charge in [-0.1, -0.05) is 18.2 Å². The molecule has 3 aromatic rings. The van der Waals surface area contributed by atoms with Crippen molar-refractivity contribution in [2.45, 2.75) is 19.6 Å². The number of aryl methyl sites for hydroxylation is 1. The fraction of sp³-hybridized carbons (Fsp3) is 0.214. The molecule has 23 heavy (non-hydrogen) atoms. The molecule has 0 fully saturated rings. The van der Waals surface area contributed by atoms with Crippen LogP contribution in [-0.4, -0.2) is 25.7 Å². The fourth-order valence-corrected chi connectivity index (χ4v) is 2.52. The maximum Gasteiger partial charge on any atom is 0.453 e. The smallest absolute Gasteiger partial charge is 0.347 e. The van der Waals surface area contributed by atoms with Crippen molar-refractivity contribution in [1.82, 2.24) is 19.4 Å². The van der Waals surface area contributed by atoms with E-state index in [9.17, 15) is 13.2 Å². The van der Waals surface area contributed by atoms with Gasteiger partial charge >= 0.3 is 6.18 Å². The molecule has 0 aliphatic rings. The molecule has 0 amide bonds. The lowest BCUT2D eigenvalue weighted by Crippen LogP contribution is -2.12. The van der Waals surface area contributed by atoms with Gasteiger partial charge < -0.3 is 4.57 Å². The number of halogens is 3. The summed E-state index contributed by atoms with van der Waals surface area (Å²) in [5, 5.41) is 10.1. The number of alkyl halides is 3. The minimum atomic E-state index is -4.64. The van der Waals surface area contributed by atoms with Crippen molar-refractivity contribution in [1.29, 1.82) is 0 Å². The molecule has 2 aromatic heterocycles. The van der Waals surface area contributed by atoms with Gasteiger partial charge in [0, 0.05) is 29.2 Å². The summed E-state index contributed by atoms with van der Waals surface area (Å²) in [6.45, 7) is 2.73. The lowest BCUT2D eigenvalue weighted by molar-refractivity contribution is -0.147. The molecule has 0 radical (unpaired) electrons. The largest absolute Gasteiger partial charge is 0.453 e. The number of aromatic amines is 1. The second-order valence-corrected chi connectivity index (χ2v) is 5.18. The van der Waals surface area contributed by atoms with Gasteiger partial charge in [0.15, 0.2) is 0 Å². The number of fused-ring (bicyclic) bond motifs is 1. The zero-order valence-corrected chi connectivity index (χ0v) is 12.8. The average Bonchev–Trinajstić information content (AvgIpc) is 3.05. The van der Waals surface area contributed by atoms with E-state index >= 15 is 0 Å². The topological polar surface area (TPSA) is 50.9 Å². The van der Waals surface area contributed by atoms with Gasteiger partial charge in [0.25, 0.3) is 5.82 Å². The lowest BCUT2D eigenvalue weighted by atomic mass is 10.2. The third-order valence-corrected chi connectivity index (χ3v) is 3.64. The first-order chi connectivity index (χ1) is 10.9. The van der Waals surface area contributed by atoms with Gasteiger partial charge in [0.2, 0.25) is 4.77 Å². The maximum absolute atomic E-state index is 12.9. The summed E-state index contributed by atoms with van der Waals surface area (Å²) in [6, 6.07) is 7.61. The zero-order chi connectivity index (χ0) is 16.6. The van der Waals surface area contributed by atoms with Gasteiger partial charge in [-0.25, -0.2) is 5.10 Å². The first-order valence-corrected chi connectivity index (χ1v) is 7.19. The van der Waals surface area contributed by atoms with Crippen LogP contribution in [0.15, 0.2) is 35.6 Å². The highest BCUT2D eigenvalue weighted by Gasteiger charge is 2.37. The molecule has 0 bridgehead atoms. The number of benzene rings is 1. The highest BCUT2D eigenvalue weighted by molar-refractivity contribution is 7.71. The van der Waals surface area contributed by atoms with Crippen molar-refractivity contribution < 1.29 is 13.2 Å². The fourth-order valence-electron chi connectivity index (χ4n) is 2.34. The standard InChI is InChI=1S/C14H12F3N5S/c1-2-21-8-9(10-5-3-4-6-11(10)21)7-18-22-12(14(15,16)17)19-20-13(22)23/h3-8H,2H2,1H3,(H,20,23)/b18-7-. The highest BCUT2D eigenvalue weighted by atomic mass is 32.1. The molecular weight excluding hydrogens is 327 g/mol. The van der Waals surface area contributed by atoms with Gasteiger partial charge in [0.1, 0.15) is 0 Å². The van der Waals surface area contributed by atoms with Crippen LogP contribution in [0.4, 0.5) is 13.2 Å². The Morgan fingerprint density at radius 3 is 2.78 bits per heavy atom. The number of para-hydroxylation sites is 1. The predicted molar refractivity (Wildman–Crippen MR) is 83.0 cm³/mol. The monoisotopic (exact) mass is 339 g/mol. The summed E-state index contributed by atoms with van der Waals surface area (Å²) in [5.41, 5.74) is 1.70. The number of hydrogen-bond acceptors (Lipinski definition) is 3. The zero-order valence-electron chi connectivity index (χ0n) is 12.0. The Bertz CT molecular complexity index is 932. The molecular formula is C14H12F3N5S. The van der Waals surface area contributed by atoms with E-state index in [4.69, 9.17) is 12.2 Å². The van der Waals surface area contributed by atoms with Gasteiger partial charge in [-0.15, -0.1) is 5.10 Å². The second kappa shape index (κ2) is 5.65. The van der Waals surface area contributed by atoms with Crippen molar-refractivity contribution in [3.63, 3.8) is 0 Å². The molecule has 0 spiro atoms. The van der Waals surface area contributed by atoms with Crippen molar-refractivity contribution in [2.75, 3.05) is 0 Å². The van der Waals surface area contributed by atoms with Gasteiger partial charge in [-0.2, -0.15) is 22.9 Å². The molecule has 0 aliphatic carbocycles. The predicted octanol–water partition coefficient (Wildman–Crippen LogP) is 3.82. The summed E-state index contributed by atoms with van der Waals surface area (Å²) < 4.78 is 41.0. The molecule has 0 atom stereocenters. The quantitative estimate of drug-likeness (QED) is 0.583. The Morgan fingerprint density at radius 1 is 1.35 bits per heavy atom.